The summed E-state index contributed by atoms with van der Waals surface area (Å²) in [6.07, 6.45) is 6.83. The van der Waals surface area contributed by atoms with Crippen molar-refractivity contribution in [2.75, 3.05) is 0 Å². The van der Waals surface area contributed by atoms with Gasteiger partial charge >= 0.3 is 0 Å². The Labute approximate surface area is 104 Å². The van der Waals surface area contributed by atoms with Crippen LogP contribution in [0.4, 0.5) is 0 Å². The molecule has 1 aromatic heterocycles. The van der Waals surface area contributed by atoms with Crippen molar-refractivity contribution in [3.05, 3.63) is 17.5 Å². The topological polar surface area (TPSA) is 43.8 Å². The fourth-order valence-electron chi connectivity index (χ4n) is 2.78. The maximum Gasteiger partial charge on any atom is 0.0624 e. The first-order valence-corrected chi connectivity index (χ1v) is 6.83. The van der Waals surface area contributed by atoms with Crippen LogP contribution < -0.4 is 5.73 Å². The van der Waals surface area contributed by atoms with Crippen LogP contribution in [-0.4, -0.2) is 15.3 Å². The summed E-state index contributed by atoms with van der Waals surface area (Å²) < 4.78 is 2.01. The van der Waals surface area contributed by atoms with E-state index in [4.69, 9.17) is 5.73 Å². The van der Waals surface area contributed by atoms with Crippen LogP contribution in [-0.2, 0) is 19.9 Å². The van der Waals surface area contributed by atoms with Crippen molar-refractivity contribution in [3.8, 4) is 0 Å². The van der Waals surface area contributed by atoms with Gasteiger partial charge in [0, 0.05) is 24.7 Å². The third-order valence-electron chi connectivity index (χ3n) is 4.19. The maximum absolute atomic E-state index is 6.53. The molecule has 1 aromatic rings. The highest BCUT2D eigenvalue weighted by molar-refractivity contribution is 5.14. The molecular formula is C14H25N3. The molecule has 0 bridgehead atoms. The van der Waals surface area contributed by atoms with Crippen LogP contribution in [0.3, 0.4) is 0 Å². The van der Waals surface area contributed by atoms with E-state index >= 15 is 0 Å². The highest BCUT2D eigenvalue weighted by Gasteiger charge is 2.31. The highest BCUT2D eigenvalue weighted by atomic mass is 15.3. The Kier molecular flexibility index (Phi) is 3.57. The number of nitrogens with zero attached hydrogens (tertiary/aromatic N) is 2. The number of aromatic nitrogens is 2. The summed E-state index contributed by atoms with van der Waals surface area (Å²) in [6, 6.07) is 2.21. The smallest absolute Gasteiger partial charge is 0.0624 e. The summed E-state index contributed by atoms with van der Waals surface area (Å²) in [6.45, 7) is 4.48. The van der Waals surface area contributed by atoms with Crippen LogP contribution in [0.2, 0.25) is 0 Å². The molecule has 1 aliphatic rings. The second-order valence-corrected chi connectivity index (χ2v) is 5.83. The van der Waals surface area contributed by atoms with Gasteiger partial charge in [0.1, 0.15) is 0 Å². The standard InChI is InChI=1S/C14H25N3/c1-4-12-9-13(17(3)16-12)10-14(15)7-5-11(2)6-8-14/h9,11H,4-8,10,15H2,1-3H3. The lowest BCUT2D eigenvalue weighted by molar-refractivity contribution is 0.240. The lowest BCUT2D eigenvalue weighted by Crippen LogP contribution is -2.45. The summed E-state index contributed by atoms with van der Waals surface area (Å²) in [5, 5.41) is 4.50. The minimum atomic E-state index is 0.00527. The second-order valence-electron chi connectivity index (χ2n) is 5.83. The maximum atomic E-state index is 6.53. The molecule has 17 heavy (non-hydrogen) atoms. The van der Waals surface area contributed by atoms with E-state index in [2.05, 4.69) is 25.0 Å². The van der Waals surface area contributed by atoms with Crippen molar-refractivity contribution < 1.29 is 0 Å². The van der Waals surface area contributed by atoms with Crippen LogP contribution in [0.25, 0.3) is 0 Å². The van der Waals surface area contributed by atoms with E-state index in [9.17, 15) is 0 Å². The number of hydrogen-bond acceptors (Lipinski definition) is 2. The lowest BCUT2D eigenvalue weighted by atomic mass is 9.75. The molecule has 0 radical (unpaired) electrons. The SMILES string of the molecule is CCc1cc(CC2(N)CCC(C)CC2)n(C)n1. The molecule has 0 aliphatic heterocycles. The highest BCUT2D eigenvalue weighted by Crippen LogP contribution is 2.32. The summed E-state index contributed by atoms with van der Waals surface area (Å²) in [5.41, 5.74) is 9.00. The van der Waals surface area contributed by atoms with Gasteiger partial charge in [-0.1, -0.05) is 13.8 Å². The third kappa shape index (κ3) is 2.89. The number of aryl methyl sites for hydroxylation is 2. The summed E-state index contributed by atoms with van der Waals surface area (Å²) in [7, 11) is 2.03. The first-order chi connectivity index (χ1) is 8.02. The van der Waals surface area contributed by atoms with E-state index in [1.165, 1.54) is 24.2 Å². The van der Waals surface area contributed by atoms with E-state index in [0.717, 1.165) is 31.6 Å². The van der Waals surface area contributed by atoms with E-state index in [-0.39, 0.29) is 5.54 Å². The summed E-state index contributed by atoms with van der Waals surface area (Å²) >= 11 is 0. The average molecular weight is 235 g/mol. The van der Waals surface area contributed by atoms with E-state index < -0.39 is 0 Å². The predicted octanol–water partition coefficient (Wildman–Crippen LogP) is 2.43. The Morgan fingerprint density at radius 3 is 2.65 bits per heavy atom. The van der Waals surface area contributed by atoms with Gasteiger partial charge in [-0.2, -0.15) is 5.10 Å². The lowest BCUT2D eigenvalue weighted by Gasteiger charge is -2.36. The van der Waals surface area contributed by atoms with Gasteiger partial charge in [-0.15, -0.1) is 0 Å². The molecule has 0 amide bonds. The van der Waals surface area contributed by atoms with Gasteiger partial charge in [-0.3, -0.25) is 4.68 Å². The van der Waals surface area contributed by atoms with Crippen molar-refractivity contribution in [1.82, 2.24) is 9.78 Å². The molecule has 96 valence electrons. The van der Waals surface area contributed by atoms with Crippen molar-refractivity contribution in [3.63, 3.8) is 0 Å². The van der Waals surface area contributed by atoms with Crippen LogP contribution in [0, 0.1) is 5.92 Å². The fourth-order valence-corrected chi connectivity index (χ4v) is 2.78. The van der Waals surface area contributed by atoms with Crippen molar-refractivity contribution in [1.29, 1.82) is 0 Å². The van der Waals surface area contributed by atoms with E-state index in [1.54, 1.807) is 0 Å². The predicted molar refractivity (Wildman–Crippen MR) is 70.8 cm³/mol. The quantitative estimate of drug-likeness (QED) is 0.874. The zero-order chi connectivity index (χ0) is 12.5. The Hall–Kier alpha value is -0.830. The molecular weight excluding hydrogens is 210 g/mol. The average Bonchev–Trinajstić information content (AvgIpc) is 2.64. The van der Waals surface area contributed by atoms with E-state index in [0.29, 0.717) is 0 Å². The molecule has 1 fully saturated rings. The van der Waals surface area contributed by atoms with Crippen LogP contribution in [0.5, 0.6) is 0 Å². The molecule has 3 heteroatoms. The molecule has 0 unspecified atom stereocenters. The molecule has 1 saturated carbocycles. The second kappa shape index (κ2) is 4.81. The van der Waals surface area contributed by atoms with Crippen molar-refractivity contribution in [2.24, 2.45) is 18.7 Å². The first kappa shape index (κ1) is 12.6. The van der Waals surface area contributed by atoms with E-state index in [1.807, 2.05) is 11.7 Å². The van der Waals surface area contributed by atoms with Crippen LogP contribution >= 0.6 is 0 Å². The zero-order valence-electron chi connectivity index (χ0n) is 11.4. The molecule has 0 saturated heterocycles. The van der Waals surface area contributed by atoms with Crippen molar-refractivity contribution in [2.45, 2.75) is 57.9 Å². The fraction of sp³-hybridized carbons (Fsp3) is 0.786. The summed E-state index contributed by atoms with van der Waals surface area (Å²) in [4.78, 5) is 0. The van der Waals surface area contributed by atoms with Crippen LogP contribution in [0.1, 0.15) is 50.9 Å². The number of nitrogens with two attached hydrogens (primary N) is 1. The molecule has 0 aromatic carbocycles. The van der Waals surface area contributed by atoms with Gasteiger partial charge < -0.3 is 5.73 Å². The minimum Gasteiger partial charge on any atom is -0.325 e. The molecule has 0 atom stereocenters. The van der Waals surface area contributed by atoms with Gasteiger partial charge in [-0.25, -0.2) is 0 Å². The van der Waals surface area contributed by atoms with Gasteiger partial charge in [0.2, 0.25) is 0 Å². The van der Waals surface area contributed by atoms with Gasteiger partial charge in [0.05, 0.1) is 5.69 Å². The monoisotopic (exact) mass is 235 g/mol. The van der Waals surface area contributed by atoms with Crippen LogP contribution in [0.15, 0.2) is 6.07 Å². The molecule has 2 N–H and O–H groups in total. The largest absolute Gasteiger partial charge is 0.325 e. The van der Waals surface area contributed by atoms with Gasteiger partial charge in [0.25, 0.3) is 0 Å². The number of hydrogen-bond donors (Lipinski definition) is 1. The Bertz CT molecular complexity index is 373. The molecule has 2 rings (SSSR count). The Balaban J connectivity index is 2.06. The number of rotatable bonds is 3. The van der Waals surface area contributed by atoms with Gasteiger partial charge in [0.15, 0.2) is 0 Å². The normalized spacial score (nSPS) is 29.5. The zero-order valence-corrected chi connectivity index (χ0v) is 11.4. The minimum absolute atomic E-state index is 0.00527. The third-order valence-corrected chi connectivity index (χ3v) is 4.19. The Morgan fingerprint density at radius 1 is 1.47 bits per heavy atom. The first-order valence-electron chi connectivity index (χ1n) is 6.83. The molecule has 0 spiro atoms. The molecule has 3 nitrogen and oxygen atoms in total. The van der Waals surface area contributed by atoms with Gasteiger partial charge in [-0.05, 0) is 44.1 Å². The van der Waals surface area contributed by atoms with Crippen molar-refractivity contribution >= 4 is 0 Å². The Morgan fingerprint density at radius 2 is 2.12 bits per heavy atom. The molecule has 1 heterocycles. The summed E-state index contributed by atoms with van der Waals surface area (Å²) in [5.74, 6) is 0.851. The molecule has 1 aliphatic carbocycles.